The van der Waals surface area contributed by atoms with E-state index >= 15 is 0 Å². The number of hydrogen-bond donors (Lipinski definition) is 1. The highest BCUT2D eigenvalue weighted by molar-refractivity contribution is 6.09. The van der Waals surface area contributed by atoms with E-state index in [0.29, 0.717) is 24.3 Å². The van der Waals surface area contributed by atoms with E-state index in [0.717, 1.165) is 25.7 Å². The van der Waals surface area contributed by atoms with Crippen LogP contribution in [0.25, 0.3) is 0 Å². The van der Waals surface area contributed by atoms with E-state index in [-0.39, 0.29) is 11.4 Å². The maximum absolute atomic E-state index is 11.9. The van der Waals surface area contributed by atoms with Crippen LogP contribution in [-0.2, 0) is 14.3 Å². The molecule has 0 saturated heterocycles. The minimum atomic E-state index is -0.988. The molecular formula is C17H28O4. The lowest BCUT2D eigenvalue weighted by molar-refractivity contribution is -0.144. The molecule has 2 atom stereocenters. The summed E-state index contributed by atoms with van der Waals surface area (Å²) in [5.41, 5.74) is 0.639. The Labute approximate surface area is 127 Å². The largest absolute Gasteiger partial charge is 0.481 e. The van der Waals surface area contributed by atoms with Gasteiger partial charge in [0, 0.05) is 7.11 Å². The van der Waals surface area contributed by atoms with E-state index in [1.807, 2.05) is 6.08 Å². The first kappa shape index (κ1) is 17.9. The molecule has 0 bridgehead atoms. The number of ketones is 1. The van der Waals surface area contributed by atoms with Gasteiger partial charge in [-0.2, -0.15) is 0 Å². The van der Waals surface area contributed by atoms with Crippen LogP contribution in [0.3, 0.4) is 0 Å². The second kappa shape index (κ2) is 7.74. The highest BCUT2D eigenvalue weighted by Crippen LogP contribution is 2.28. The van der Waals surface area contributed by atoms with Crippen LogP contribution in [0.15, 0.2) is 11.6 Å². The third-order valence-corrected chi connectivity index (χ3v) is 4.43. The molecule has 0 radical (unpaired) electrons. The molecule has 0 amide bonds. The van der Waals surface area contributed by atoms with Gasteiger partial charge >= 0.3 is 5.97 Å². The molecule has 1 aliphatic carbocycles. The normalized spacial score (nSPS) is 22.8. The lowest BCUT2D eigenvalue weighted by atomic mass is 9.94. The Morgan fingerprint density at radius 2 is 2.19 bits per heavy atom. The quantitative estimate of drug-likeness (QED) is 0.549. The molecule has 0 aromatic carbocycles. The van der Waals surface area contributed by atoms with Gasteiger partial charge in [0.05, 0.1) is 5.60 Å². The van der Waals surface area contributed by atoms with Gasteiger partial charge in [0.15, 0.2) is 5.78 Å². The molecule has 1 saturated carbocycles. The van der Waals surface area contributed by atoms with Crippen LogP contribution < -0.4 is 0 Å². The van der Waals surface area contributed by atoms with Gasteiger partial charge in [-0.1, -0.05) is 25.8 Å². The van der Waals surface area contributed by atoms with Crippen molar-refractivity contribution in [2.45, 2.75) is 64.9 Å². The summed E-state index contributed by atoms with van der Waals surface area (Å²) in [6.07, 6.45) is 7.07. The van der Waals surface area contributed by atoms with Gasteiger partial charge in [0.1, 0.15) is 5.92 Å². The van der Waals surface area contributed by atoms with E-state index in [4.69, 9.17) is 9.84 Å². The molecule has 120 valence electrons. The summed E-state index contributed by atoms with van der Waals surface area (Å²) in [6.45, 7) is 6.34. The molecule has 4 heteroatoms. The van der Waals surface area contributed by atoms with Crippen LogP contribution >= 0.6 is 0 Å². The molecule has 1 rings (SSSR count). The van der Waals surface area contributed by atoms with Crippen molar-refractivity contribution in [3.8, 4) is 0 Å². The maximum Gasteiger partial charge on any atom is 0.314 e. The molecule has 1 N–H and O–H groups in total. The fourth-order valence-corrected chi connectivity index (χ4v) is 2.66. The minimum Gasteiger partial charge on any atom is -0.481 e. The van der Waals surface area contributed by atoms with Gasteiger partial charge in [-0.05, 0) is 51.0 Å². The average Bonchev–Trinajstić information content (AvgIpc) is 2.77. The summed E-state index contributed by atoms with van der Waals surface area (Å²) in [6, 6.07) is 0. The second-order valence-electron chi connectivity index (χ2n) is 6.72. The zero-order valence-electron chi connectivity index (χ0n) is 13.6. The number of hydrogen-bond acceptors (Lipinski definition) is 3. The van der Waals surface area contributed by atoms with Crippen molar-refractivity contribution in [2.24, 2.45) is 11.8 Å². The smallest absolute Gasteiger partial charge is 0.314 e. The van der Waals surface area contributed by atoms with Crippen molar-refractivity contribution in [3.63, 3.8) is 0 Å². The van der Waals surface area contributed by atoms with Crippen LogP contribution in [0.4, 0.5) is 0 Å². The molecule has 0 heterocycles. The number of carboxylic acids is 1. The standard InChI is InChI=1S/C17H28O4/c1-12(6-5-11-17(2,3)21-4)7-8-13-9-10-14(15(13)18)16(19)20/h8,12,14H,5-7,9-11H2,1-4H3,(H,19,20)/b13-8+. The molecule has 2 unspecified atom stereocenters. The average molecular weight is 296 g/mol. The molecule has 0 aromatic heterocycles. The third kappa shape index (κ3) is 5.62. The molecule has 1 fully saturated rings. The number of carbonyl (C=O) groups excluding carboxylic acids is 1. The van der Waals surface area contributed by atoms with E-state index in [1.165, 1.54) is 0 Å². The number of methoxy groups -OCH3 is 1. The third-order valence-electron chi connectivity index (χ3n) is 4.43. The lowest BCUT2D eigenvalue weighted by Crippen LogP contribution is -2.22. The van der Waals surface area contributed by atoms with Crippen LogP contribution in [0, 0.1) is 11.8 Å². The van der Waals surface area contributed by atoms with Gasteiger partial charge in [0.25, 0.3) is 0 Å². The molecule has 21 heavy (non-hydrogen) atoms. The molecule has 0 aromatic rings. The number of ether oxygens (including phenoxy) is 1. The monoisotopic (exact) mass is 296 g/mol. The minimum absolute atomic E-state index is 0.0751. The molecule has 0 spiro atoms. The fraction of sp³-hybridized carbons (Fsp3) is 0.765. The van der Waals surface area contributed by atoms with Crippen LogP contribution in [0.2, 0.25) is 0 Å². The van der Waals surface area contributed by atoms with Gasteiger partial charge < -0.3 is 9.84 Å². The van der Waals surface area contributed by atoms with Crippen molar-refractivity contribution in [1.82, 2.24) is 0 Å². The second-order valence-corrected chi connectivity index (χ2v) is 6.72. The fourth-order valence-electron chi connectivity index (χ4n) is 2.66. The summed E-state index contributed by atoms with van der Waals surface area (Å²) >= 11 is 0. The molecule has 0 aliphatic heterocycles. The molecular weight excluding hydrogens is 268 g/mol. The Morgan fingerprint density at radius 3 is 2.71 bits per heavy atom. The van der Waals surface area contributed by atoms with Crippen LogP contribution in [-0.4, -0.2) is 29.6 Å². The molecule has 1 aliphatic rings. The highest BCUT2D eigenvalue weighted by Gasteiger charge is 2.34. The van der Waals surface area contributed by atoms with E-state index in [1.54, 1.807) is 7.11 Å². The first-order chi connectivity index (χ1) is 9.76. The number of Topliss-reactive ketones (excluding diaryl/α,β-unsaturated/α-hetero) is 1. The Morgan fingerprint density at radius 1 is 1.52 bits per heavy atom. The predicted octanol–water partition coefficient (Wildman–Crippen LogP) is 3.60. The van der Waals surface area contributed by atoms with Crippen molar-refractivity contribution in [2.75, 3.05) is 7.11 Å². The first-order valence-electron chi connectivity index (χ1n) is 7.78. The van der Waals surface area contributed by atoms with Crippen molar-refractivity contribution >= 4 is 11.8 Å². The summed E-state index contributed by atoms with van der Waals surface area (Å²) in [7, 11) is 1.73. The van der Waals surface area contributed by atoms with Crippen molar-refractivity contribution < 1.29 is 19.4 Å². The topological polar surface area (TPSA) is 63.6 Å². The summed E-state index contributed by atoms with van der Waals surface area (Å²) in [5, 5.41) is 8.93. The van der Waals surface area contributed by atoms with E-state index < -0.39 is 11.9 Å². The first-order valence-corrected chi connectivity index (χ1v) is 7.78. The number of aliphatic carboxylic acids is 1. The predicted molar refractivity (Wildman–Crippen MR) is 82.2 cm³/mol. The Kier molecular flexibility index (Phi) is 6.59. The Balaban J connectivity index is 2.36. The maximum atomic E-state index is 11.9. The van der Waals surface area contributed by atoms with Gasteiger partial charge in [-0.25, -0.2) is 0 Å². The summed E-state index contributed by atoms with van der Waals surface area (Å²) in [4.78, 5) is 22.8. The van der Waals surface area contributed by atoms with Gasteiger partial charge in [0.2, 0.25) is 0 Å². The number of allylic oxidation sites excluding steroid dienone is 2. The Hall–Kier alpha value is -1.16. The zero-order chi connectivity index (χ0) is 16.0. The van der Waals surface area contributed by atoms with Crippen LogP contribution in [0.1, 0.15) is 59.3 Å². The SMILES string of the molecule is COC(C)(C)CCCC(C)C/C=C1\CCC(C(=O)O)C1=O. The zero-order valence-corrected chi connectivity index (χ0v) is 13.6. The highest BCUT2D eigenvalue weighted by atomic mass is 16.5. The van der Waals surface area contributed by atoms with Crippen molar-refractivity contribution in [3.05, 3.63) is 11.6 Å². The number of carboxylic acid groups (broad SMARTS) is 1. The van der Waals surface area contributed by atoms with Crippen LogP contribution in [0.5, 0.6) is 0 Å². The van der Waals surface area contributed by atoms with Gasteiger partial charge in [-0.3, -0.25) is 9.59 Å². The number of rotatable bonds is 8. The van der Waals surface area contributed by atoms with E-state index in [2.05, 4.69) is 20.8 Å². The summed E-state index contributed by atoms with van der Waals surface area (Å²) in [5.74, 6) is -1.48. The Bertz CT molecular complexity index is 409. The van der Waals surface area contributed by atoms with Crippen molar-refractivity contribution in [1.29, 1.82) is 0 Å². The lowest BCUT2D eigenvalue weighted by Gasteiger charge is -2.23. The van der Waals surface area contributed by atoms with E-state index in [9.17, 15) is 9.59 Å². The van der Waals surface area contributed by atoms with Gasteiger partial charge in [-0.15, -0.1) is 0 Å². The molecule has 4 nitrogen and oxygen atoms in total. The summed E-state index contributed by atoms with van der Waals surface area (Å²) < 4.78 is 5.40. The number of carbonyl (C=O) groups is 2.